The van der Waals surface area contributed by atoms with E-state index in [0.717, 1.165) is 40.8 Å². The van der Waals surface area contributed by atoms with Gasteiger partial charge in [0.05, 0.1) is 11.0 Å². The third-order valence-electron chi connectivity index (χ3n) is 5.96. The molecule has 2 aromatic heterocycles. The van der Waals surface area contributed by atoms with E-state index in [9.17, 15) is 4.79 Å². The number of rotatable bonds is 2. The van der Waals surface area contributed by atoms with Crippen LogP contribution in [0.25, 0.3) is 33.3 Å². The molecule has 6 heteroatoms. The lowest BCUT2D eigenvalue weighted by Crippen LogP contribution is -2.42. The molecule has 5 rings (SSSR count). The summed E-state index contributed by atoms with van der Waals surface area (Å²) in [6, 6.07) is 18.8. The Labute approximate surface area is 187 Å². The van der Waals surface area contributed by atoms with Crippen LogP contribution in [0.4, 0.5) is 4.79 Å². The summed E-state index contributed by atoms with van der Waals surface area (Å²) in [4.78, 5) is 24.0. The van der Waals surface area contributed by atoms with Gasteiger partial charge < -0.3 is 14.2 Å². The van der Waals surface area contributed by atoms with Crippen LogP contribution in [0.2, 0.25) is 0 Å². The molecule has 0 aliphatic carbocycles. The van der Waals surface area contributed by atoms with E-state index in [1.165, 1.54) is 5.39 Å². The number of nitrogens with zero attached hydrogens (tertiary/aromatic N) is 4. The fourth-order valence-electron chi connectivity index (χ4n) is 4.51. The van der Waals surface area contributed by atoms with Crippen molar-refractivity contribution in [3.63, 3.8) is 0 Å². The van der Waals surface area contributed by atoms with Crippen LogP contribution < -0.4 is 0 Å². The second kappa shape index (κ2) is 7.93. The van der Waals surface area contributed by atoms with E-state index in [0.29, 0.717) is 13.1 Å². The topological polar surface area (TPSA) is 60.2 Å². The molecule has 1 aliphatic rings. The quantitative estimate of drug-likeness (QED) is 0.403. The van der Waals surface area contributed by atoms with Crippen molar-refractivity contribution in [1.82, 2.24) is 19.4 Å². The Hall–Kier alpha value is -3.41. The second-order valence-corrected chi connectivity index (χ2v) is 9.37. The van der Waals surface area contributed by atoms with Crippen molar-refractivity contribution in [1.29, 1.82) is 0 Å². The minimum Gasteiger partial charge on any atom is -0.444 e. The molecule has 0 spiro atoms. The molecule has 1 saturated heterocycles. The van der Waals surface area contributed by atoms with Crippen LogP contribution >= 0.6 is 0 Å². The Morgan fingerprint density at radius 1 is 1.00 bits per heavy atom. The lowest BCUT2D eigenvalue weighted by Gasteiger charge is -2.34. The van der Waals surface area contributed by atoms with Gasteiger partial charge in [-0.05, 0) is 57.2 Å². The van der Waals surface area contributed by atoms with Crippen molar-refractivity contribution in [2.24, 2.45) is 0 Å². The third kappa shape index (κ3) is 3.81. The molecular formula is C26H28N4O2. The molecule has 0 bridgehead atoms. The normalized spacial score (nSPS) is 15.4. The first-order valence-corrected chi connectivity index (χ1v) is 11.2. The summed E-state index contributed by atoms with van der Waals surface area (Å²) in [6.45, 7) is 7.03. The minimum absolute atomic E-state index is 0.233. The zero-order valence-corrected chi connectivity index (χ0v) is 18.8. The van der Waals surface area contributed by atoms with Gasteiger partial charge >= 0.3 is 6.09 Å². The maximum atomic E-state index is 12.5. The van der Waals surface area contributed by atoms with E-state index < -0.39 is 5.60 Å². The molecule has 3 heterocycles. The molecule has 1 aliphatic heterocycles. The SMILES string of the molecule is CC(C)(C)OC(=O)N1CCC(n2c(-c3ccccn3)nc3c4ccccc4ccc32)CC1. The highest BCUT2D eigenvalue weighted by molar-refractivity contribution is 6.05. The Morgan fingerprint density at radius 3 is 2.47 bits per heavy atom. The number of amides is 1. The smallest absolute Gasteiger partial charge is 0.410 e. The van der Waals surface area contributed by atoms with Crippen molar-refractivity contribution in [2.45, 2.75) is 45.3 Å². The molecule has 32 heavy (non-hydrogen) atoms. The lowest BCUT2D eigenvalue weighted by atomic mass is 10.0. The Kier molecular flexibility index (Phi) is 5.08. The van der Waals surface area contributed by atoms with Gasteiger partial charge in [0.2, 0.25) is 0 Å². The number of likely N-dealkylation sites (tertiary alicyclic amines) is 1. The predicted octanol–water partition coefficient (Wildman–Crippen LogP) is 5.82. The second-order valence-electron chi connectivity index (χ2n) is 9.37. The van der Waals surface area contributed by atoms with Gasteiger partial charge in [0.25, 0.3) is 0 Å². The number of fused-ring (bicyclic) bond motifs is 3. The number of hydrogen-bond donors (Lipinski definition) is 0. The standard InChI is InChI=1S/C26H28N4O2/c1-26(2,3)32-25(31)29-16-13-19(14-17-29)30-22-12-11-18-8-4-5-9-20(18)23(22)28-24(30)21-10-6-7-15-27-21/h4-12,15,19H,13-14,16-17H2,1-3H3. The molecule has 164 valence electrons. The molecule has 0 radical (unpaired) electrons. The van der Waals surface area contributed by atoms with E-state index in [4.69, 9.17) is 9.72 Å². The average molecular weight is 429 g/mol. The van der Waals surface area contributed by atoms with Crippen molar-refractivity contribution in [3.8, 4) is 11.5 Å². The van der Waals surface area contributed by atoms with Gasteiger partial charge in [-0.25, -0.2) is 9.78 Å². The van der Waals surface area contributed by atoms with Gasteiger partial charge in [0.1, 0.15) is 11.3 Å². The van der Waals surface area contributed by atoms with Gasteiger partial charge in [0, 0.05) is 30.7 Å². The van der Waals surface area contributed by atoms with E-state index in [2.05, 4.69) is 45.9 Å². The monoisotopic (exact) mass is 428 g/mol. The summed E-state index contributed by atoms with van der Waals surface area (Å²) >= 11 is 0. The number of piperidine rings is 1. The first-order valence-electron chi connectivity index (χ1n) is 11.2. The number of carbonyl (C=O) groups is 1. The molecule has 0 unspecified atom stereocenters. The van der Waals surface area contributed by atoms with Gasteiger partial charge in [-0.1, -0.05) is 36.4 Å². The summed E-state index contributed by atoms with van der Waals surface area (Å²) < 4.78 is 7.90. The highest BCUT2D eigenvalue weighted by Gasteiger charge is 2.30. The van der Waals surface area contributed by atoms with Crippen molar-refractivity contribution in [3.05, 3.63) is 60.8 Å². The summed E-state index contributed by atoms with van der Waals surface area (Å²) in [6.07, 6.45) is 3.26. The maximum Gasteiger partial charge on any atom is 0.410 e. The third-order valence-corrected chi connectivity index (χ3v) is 5.96. The van der Waals surface area contributed by atoms with Crippen molar-refractivity contribution >= 4 is 27.9 Å². The fourth-order valence-corrected chi connectivity index (χ4v) is 4.51. The van der Waals surface area contributed by atoms with Gasteiger partial charge in [0.15, 0.2) is 5.82 Å². The van der Waals surface area contributed by atoms with Gasteiger partial charge in [-0.3, -0.25) is 4.98 Å². The fraction of sp³-hybridized carbons (Fsp3) is 0.346. The average Bonchev–Trinajstić information content (AvgIpc) is 3.19. The summed E-state index contributed by atoms with van der Waals surface area (Å²) in [5.74, 6) is 0.882. The van der Waals surface area contributed by atoms with E-state index in [1.54, 1.807) is 0 Å². The first kappa shape index (κ1) is 20.5. The highest BCUT2D eigenvalue weighted by Crippen LogP contribution is 2.35. The van der Waals surface area contributed by atoms with Crippen molar-refractivity contribution < 1.29 is 9.53 Å². The Balaban J connectivity index is 1.53. The molecule has 0 N–H and O–H groups in total. The van der Waals surface area contributed by atoms with E-state index in [-0.39, 0.29) is 12.1 Å². The van der Waals surface area contributed by atoms with Crippen LogP contribution in [-0.4, -0.2) is 44.2 Å². The number of aromatic nitrogens is 3. The number of imidazole rings is 1. The molecule has 0 atom stereocenters. The summed E-state index contributed by atoms with van der Waals surface area (Å²) in [7, 11) is 0. The first-order chi connectivity index (χ1) is 15.4. The van der Waals surface area contributed by atoms with Crippen LogP contribution in [0.5, 0.6) is 0 Å². The summed E-state index contributed by atoms with van der Waals surface area (Å²) in [5.41, 5.74) is 2.49. The number of pyridine rings is 1. The number of ether oxygens (including phenoxy) is 1. The zero-order valence-electron chi connectivity index (χ0n) is 18.8. The van der Waals surface area contributed by atoms with Crippen molar-refractivity contribution in [2.75, 3.05) is 13.1 Å². The largest absolute Gasteiger partial charge is 0.444 e. The maximum absolute atomic E-state index is 12.5. The van der Waals surface area contributed by atoms with E-state index >= 15 is 0 Å². The molecule has 0 saturated carbocycles. The Morgan fingerprint density at radius 2 is 1.75 bits per heavy atom. The van der Waals surface area contributed by atoms with E-state index in [1.807, 2.05) is 50.1 Å². The minimum atomic E-state index is -0.484. The predicted molar refractivity (Wildman–Crippen MR) is 127 cm³/mol. The molecule has 6 nitrogen and oxygen atoms in total. The molecular weight excluding hydrogens is 400 g/mol. The Bertz CT molecular complexity index is 1270. The van der Waals surface area contributed by atoms with Gasteiger partial charge in [-0.2, -0.15) is 0 Å². The number of carbonyl (C=O) groups excluding carboxylic acids is 1. The highest BCUT2D eigenvalue weighted by atomic mass is 16.6. The van der Waals surface area contributed by atoms with Crippen LogP contribution in [0.1, 0.15) is 39.7 Å². The molecule has 1 fully saturated rings. The number of hydrogen-bond acceptors (Lipinski definition) is 4. The van der Waals surface area contributed by atoms with Crippen LogP contribution in [-0.2, 0) is 4.74 Å². The molecule has 4 aromatic rings. The molecule has 2 aromatic carbocycles. The lowest BCUT2D eigenvalue weighted by molar-refractivity contribution is 0.0190. The van der Waals surface area contributed by atoms with Crippen LogP contribution in [0, 0.1) is 0 Å². The summed E-state index contributed by atoms with van der Waals surface area (Å²) in [5, 5.41) is 2.32. The van der Waals surface area contributed by atoms with Crippen LogP contribution in [0.3, 0.4) is 0 Å². The zero-order chi connectivity index (χ0) is 22.3. The van der Waals surface area contributed by atoms with Gasteiger partial charge in [-0.15, -0.1) is 0 Å². The molecule has 1 amide bonds. The number of benzene rings is 2. The van der Waals surface area contributed by atoms with Crippen LogP contribution in [0.15, 0.2) is 60.8 Å².